The predicted octanol–water partition coefficient (Wildman–Crippen LogP) is 2.37. The van der Waals surface area contributed by atoms with E-state index in [1.165, 1.54) is 25.7 Å². The van der Waals surface area contributed by atoms with Crippen molar-refractivity contribution in [3.8, 4) is 0 Å². The molecule has 0 amide bonds. The van der Waals surface area contributed by atoms with Gasteiger partial charge in [0.1, 0.15) is 0 Å². The van der Waals surface area contributed by atoms with Crippen LogP contribution in [0.25, 0.3) is 0 Å². The van der Waals surface area contributed by atoms with E-state index in [9.17, 15) is 8.42 Å². The molecule has 1 aliphatic rings. The molecule has 1 N–H and O–H groups in total. The van der Waals surface area contributed by atoms with Crippen molar-refractivity contribution >= 4 is 9.84 Å². The minimum atomic E-state index is -2.89. The van der Waals surface area contributed by atoms with Gasteiger partial charge in [0.2, 0.25) is 0 Å². The van der Waals surface area contributed by atoms with Crippen LogP contribution >= 0.6 is 0 Å². The van der Waals surface area contributed by atoms with Crippen molar-refractivity contribution in [2.45, 2.75) is 64.2 Å². The standard InChI is InChI=1S/C13H27NO2S/c1-4-12(3)17(15,16)10-9-14-13-8-6-5-7-11(13)2/h11-14H,4-10H2,1-3H3. The van der Waals surface area contributed by atoms with Crippen LogP contribution in [0.4, 0.5) is 0 Å². The molecule has 3 nitrogen and oxygen atoms in total. The quantitative estimate of drug-likeness (QED) is 0.798. The Hall–Kier alpha value is -0.0900. The van der Waals surface area contributed by atoms with Crippen molar-refractivity contribution < 1.29 is 8.42 Å². The number of rotatable bonds is 6. The molecular weight excluding hydrogens is 234 g/mol. The van der Waals surface area contributed by atoms with E-state index in [4.69, 9.17) is 0 Å². The van der Waals surface area contributed by atoms with E-state index in [-0.39, 0.29) is 11.0 Å². The highest BCUT2D eigenvalue weighted by Crippen LogP contribution is 2.23. The van der Waals surface area contributed by atoms with Crippen LogP contribution in [-0.4, -0.2) is 32.0 Å². The fraction of sp³-hybridized carbons (Fsp3) is 1.00. The van der Waals surface area contributed by atoms with Gasteiger partial charge in [-0.25, -0.2) is 8.42 Å². The second kappa shape index (κ2) is 6.74. The molecule has 102 valence electrons. The van der Waals surface area contributed by atoms with Crippen LogP contribution in [-0.2, 0) is 9.84 Å². The van der Waals surface area contributed by atoms with Gasteiger partial charge < -0.3 is 5.32 Å². The third-order valence-electron chi connectivity index (χ3n) is 4.09. The van der Waals surface area contributed by atoms with Crippen LogP contribution in [0.2, 0.25) is 0 Å². The van der Waals surface area contributed by atoms with Crippen LogP contribution in [0.1, 0.15) is 52.9 Å². The zero-order chi connectivity index (χ0) is 12.9. The molecule has 3 atom stereocenters. The Kier molecular flexibility index (Phi) is 5.93. The van der Waals surface area contributed by atoms with E-state index in [2.05, 4.69) is 12.2 Å². The summed E-state index contributed by atoms with van der Waals surface area (Å²) >= 11 is 0. The zero-order valence-corrected chi connectivity index (χ0v) is 12.2. The van der Waals surface area contributed by atoms with E-state index >= 15 is 0 Å². The lowest BCUT2D eigenvalue weighted by Crippen LogP contribution is -2.40. The average Bonchev–Trinajstić information content (AvgIpc) is 2.30. The maximum absolute atomic E-state index is 11.8. The first-order valence-electron chi connectivity index (χ1n) is 6.92. The monoisotopic (exact) mass is 261 g/mol. The molecule has 0 aliphatic heterocycles. The summed E-state index contributed by atoms with van der Waals surface area (Å²) < 4.78 is 23.7. The van der Waals surface area contributed by atoms with Gasteiger partial charge in [0.05, 0.1) is 11.0 Å². The molecule has 0 aromatic rings. The summed E-state index contributed by atoms with van der Waals surface area (Å²) in [6.07, 6.45) is 5.78. The molecular formula is C13H27NO2S. The minimum absolute atomic E-state index is 0.201. The van der Waals surface area contributed by atoms with Gasteiger partial charge in [-0.3, -0.25) is 0 Å². The first kappa shape index (κ1) is 15.0. The van der Waals surface area contributed by atoms with Crippen LogP contribution in [0, 0.1) is 5.92 Å². The van der Waals surface area contributed by atoms with E-state index in [0.29, 0.717) is 24.9 Å². The number of sulfone groups is 1. The summed E-state index contributed by atoms with van der Waals surface area (Å²) in [4.78, 5) is 0. The molecule has 0 spiro atoms. The van der Waals surface area contributed by atoms with Gasteiger partial charge in [0.15, 0.2) is 9.84 Å². The smallest absolute Gasteiger partial charge is 0.154 e. The highest BCUT2D eigenvalue weighted by Gasteiger charge is 2.22. The molecule has 1 saturated carbocycles. The van der Waals surface area contributed by atoms with E-state index in [1.807, 2.05) is 6.92 Å². The Morgan fingerprint density at radius 3 is 2.53 bits per heavy atom. The maximum atomic E-state index is 11.8. The summed E-state index contributed by atoms with van der Waals surface area (Å²) in [5, 5.41) is 3.23. The van der Waals surface area contributed by atoms with Crippen molar-refractivity contribution in [2.75, 3.05) is 12.3 Å². The Bertz CT molecular complexity index is 313. The zero-order valence-electron chi connectivity index (χ0n) is 11.4. The maximum Gasteiger partial charge on any atom is 0.154 e. The van der Waals surface area contributed by atoms with Crippen molar-refractivity contribution in [3.05, 3.63) is 0 Å². The van der Waals surface area contributed by atoms with Gasteiger partial charge in [-0.05, 0) is 32.1 Å². The molecule has 17 heavy (non-hydrogen) atoms. The number of nitrogens with one attached hydrogen (secondary N) is 1. The van der Waals surface area contributed by atoms with Crippen LogP contribution in [0.3, 0.4) is 0 Å². The number of hydrogen-bond acceptors (Lipinski definition) is 3. The highest BCUT2D eigenvalue weighted by molar-refractivity contribution is 7.92. The lowest BCUT2D eigenvalue weighted by molar-refractivity contribution is 0.285. The molecule has 0 bridgehead atoms. The van der Waals surface area contributed by atoms with Crippen LogP contribution in [0.15, 0.2) is 0 Å². The van der Waals surface area contributed by atoms with Gasteiger partial charge >= 0.3 is 0 Å². The molecule has 1 fully saturated rings. The van der Waals surface area contributed by atoms with Crippen molar-refractivity contribution in [1.82, 2.24) is 5.32 Å². The number of hydrogen-bond donors (Lipinski definition) is 1. The SMILES string of the molecule is CCC(C)S(=O)(=O)CCNC1CCCCC1C. The van der Waals surface area contributed by atoms with Crippen LogP contribution < -0.4 is 5.32 Å². The molecule has 0 aromatic carbocycles. The second-order valence-corrected chi connectivity index (χ2v) is 7.95. The molecule has 1 rings (SSSR count). The van der Waals surface area contributed by atoms with Gasteiger partial charge in [0, 0.05) is 12.6 Å². The molecule has 4 heteroatoms. The van der Waals surface area contributed by atoms with Crippen molar-refractivity contribution in [3.63, 3.8) is 0 Å². The summed E-state index contributed by atoms with van der Waals surface area (Å²) in [7, 11) is -2.89. The average molecular weight is 261 g/mol. The van der Waals surface area contributed by atoms with Gasteiger partial charge in [-0.2, -0.15) is 0 Å². The fourth-order valence-corrected chi connectivity index (χ4v) is 3.77. The van der Waals surface area contributed by atoms with Crippen LogP contribution in [0.5, 0.6) is 0 Å². The summed E-state index contributed by atoms with van der Waals surface area (Å²) in [5.74, 6) is 0.973. The van der Waals surface area contributed by atoms with Gasteiger partial charge in [0.25, 0.3) is 0 Å². The third kappa shape index (κ3) is 4.59. The predicted molar refractivity (Wildman–Crippen MR) is 73.0 cm³/mol. The van der Waals surface area contributed by atoms with E-state index in [1.54, 1.807) is 6.92 Å². The summed E-state index contributed by atoms with van der Waals surface area (Å²) in [6.45, 7) is 6.61. The third-order valence-corrected chi connectivity index (χ3v) is 6.43. The Labute approximate surface area is 106 Å². The molecule has 0 saturated heterocycles. The van der Waals surface area contributed by atoms with Crippen molar-refractivity contribution in [2.24, 2.45) is 5.92 Å². The Morgan fingerprint density at radius 2 is 1.94 bits per heavy atom. The largest absolute Gasteiger partial charge is 0.313 e. The summed E-state index contributed by atoms with van der Waals surface area (Å²) in [5.41, 5.74) is 0. The molecule has 3 unspecified atom stereocenters. The topological polar surface area (TPSA) is 46.2 Å². The van der Waals surface area contributed by atoms with Crippen molar-refractivity contribution in [1.29, 1.82) is 0 Å². The molecule has 0 radical (unpaired) electrons. The lowest BCUT2D eigenvalue weighted by Gasteiger charge is -2.29. The first-order chi connectivity index (χ1) is 7.97. The fourth-order valence-electron chi connectivity index (χ4n) is 2.46. The molecule has 0 aromatic heterocycles. The minimum Gasteiger partial charge on any atom is -0.313 e. The summed E-state index contributed by atoms with van der Waals surface area (Å²) in [6, 6.07) is 0.524. The lowest BCUT2D eigenvalue weighted by atomic mass is 9.86. The normalized spacial score (nSPS) is 27.9. The van der Waals surface area contributed by atoms with E-state index in [0.717, 1.165) is 0 Å². The highest BCUT2D eigenvalue weighted by atomic mass is 32.2. The van der Waals surface area contributed by atoms with E-state index < -0.39 is 9.84 Å². The van der Waals surface area contributed by atoms with Gasteiger partial charge in [-0.1, -0.05) is 26.7 Å². The Morgan fingerprint density at radius 1 is 1.29 bits per heavy atom. The first-order valence-corrected chi connectivity index (χ1v) is 8.64. The Balaban J connectivity index is 2.32. The van der Waals surface area contributed by atoms with Gasteiger partial charge in [-0.15, -0.1) is 0 Å². The molecule has 0 heterocycles. The molecule has 1 aliphatic carbocycles. The second-order valence-electron chi connectivity index (χ2n) is 5.41.